The lowest BCUT2D eigenvalue weighted by Gasteiger charge is -2.29. The van der Waals surface area contributed by atoms with Crippen LogP contribution >= 0.6 is 0 Å². The lowest BCUT2D eigenvalue weighted by Crippen LogP contribution is -2.47. The molecule has 2 aromatic rings. The number of amides is 2. The summed E-state index contributed by atoms with van der Waals surface area (Å²) in [6, 6.07) is 16.4. The Labute approximate surface area is 147 Å². The Morgan fingerprint density at radius 3 is 2.76 bits per heavy atom. The highest BCUT2D eigenvalue weighted by Crippen LogP contribution is 2.23. The van der Waals surface area contributed by atoms with E-state index in [-0.39, 0.29) is 12.1 Å². The van der Waals surface area contributed by atoms with E-state index in [4.69, 9.17) is 10.00 Å². The van der Waals surface area contributed by atoms with Crippen molar-refractivity contribution in [3.63, 3.8) is 0 Å². The molecule has 1 aliphatic heterocycles. The molecule has 128 valence electrons. The summed E-state index contributed by atoms with van der Waals surface area (Å²) in [4.78, 5) is 13.9. The lowest BCUT2D eigenvalue weighted by molar-refractivity contribution is 0.231. The predicted molar refractivity (Wildman–Crippen MR) is 95.3 cm³/mol. The van der Waals surface area contributed by atoms with E-state index in [1.807, 2.05) is 42.5 Å². The number of likely N-dealkylation sites (tertiary alicyclic amines) is 1. The smallest absolute Gasteiger partial charge is 0.319 e. The summed E-state index contributed by atoms with van der Waals surface area (Å²) in [7, 11) is 0. The minimum Gasteiger partial charge on any atom is -0.457 e. The number of hydrogen-bond donors (Lipinski definition) is 2. The molecule has 2 aromatic carbocycles. The van der Waals surface area contributed by atoms with Crippen molar-refractivity contribution in [1.29, 1.82) is 5.26 Å². The topological polar surface area (TPSA) is 77.4 Å². The molecule has 0 bridgehead atoms. The molecule has 6 nitrogen and oxygen atoms in total. The number of anilines is 1. The standard InChI is InChI=1S/C19H20N4O2/c20-14-23-11-5-7-16(13-23)22-19(24)21-15-6-4-10-18(12-15)25-17-8-2-1-3-9-17/h1-4,6,8-10,12,16H,5,7,11,13H2,(H2,21,22,24). The van der Waals surface area contributed by atoms with Crippen LogP contribution in [0.3, 0.4) is 0 Å². The summed E-state index contributed by atoms with van der Waals surface area (Å²) < 4.78 is 5.76. The first-order chi connectivity index (χ1) is 12.2. The second kappa shape index (κ2) is 8.06. The molecule has 0 spiro atoms. The number of benzene rings is 2. The lowest BCUT2D eigenvalue weighted by atomic mass is 10.1. The van der Waals surface area contributed by atoms with Gasteiger partial charge in [0.05, 0.1) is 0 Å². The number of nitrogens with one attached hydrogen (secondary N) is 2. The van der Waals surface area contributed by atoms with E-state index in [0.717, 1.165) is 25.1 Å². The Hall–Kier alpha value is -3.20. The van der Waals surface area contributed by atoms with Gasteiger partial charge in [0.25, 0.3) is 0 Å². The van der Waals surface area contributed by atoms with Crippen LogP contribution in [0.2, 0.25) is 0 Å². The Morgan fingerprint density at radius 2 is 1.96 bits per heavy atom. The molecule has 2 N–H and O–H groups in total. The summed E-state index contributed by atoms with van der Waals surface area (Å²) in [5, 5.41) is 14.7. The minimum atomic E-state index is -0.276. The summed E-state index contributed by atoms with van der Waals surface area (Å²) in [5.41, 5.74) is 0.652. The predicted octanol–water partition coefficient (Wildman–Crippen LogP) is 3.55. The van der Waals surface area contributed by atoms with Crippen molar-refractivity contribution in [1.82, 2.24) is 10.2 Å². The number of rotatable bonds is 4. The van der Waals surface area contributed by atoms with Gasteiger partial charge >= 0.3 is 6.03 Å². The number of hydrogen-bond acceptors (Lipinski definition) is 4. The fourth-order valence-corrected chi connectivity index (χ4v) is 2.80. The molecule has 1 unspecified atom stereocenters. The van der Waals surface area contributed by atoms with Crippen molar-refractivity contribution in [3.8, 4) is 17.7 Å². The van der Waals surface area contributed by atoms with Crippen LogP contribution in [0.25, 0.3) is 0 Å². The average molecular weight is 336 g/mol. The van der Waals surface area contributed by atoms with Gasteiger partial charge in [0.15, 0.2) is 6.19 Å². The zero-order chi connectivity index (χ0) is 17.5. The Kier molecular flexibility index (Phi) is 5.37. The largest absolute Gasteiger partial charge is 0.457 e. The second-order valence-corrected chi connectivity index (χ2v) is 5.93. The molecular formula is C19H20N4O2. The number of urea groups is 1. The summed E-state index contributed by atoms with van der Waals surface area (Å²) in [5.74, 6) is 1.39. The van der Waals surface area contributed by atoms with Gasteiger partial charge in [-0.05, 0) is 37.1 Å². The summed E-state index contributed by atoms with van der Waals surface area (Å²) >= 11 is 0. The monoisotopic (exact) mass is 336 g/mol. The van der Waals surface area contributed by atoms with Crippen molar-refractivity contribution in [2.75, 3.05) is 18.4 Å². The van der Waals surface area contributed by atoms with E-state index < -0.39 is 0 Å². The first kappa shape index (κ1) is 16.7. The van der Waals surface area contributed by atoms with Crippen LogP contribution in [-0.2, 0) is 0 Å². The maximum atomic E-state index is 12.2. The first-order valence-corrected chi connectivity index (χ1v) is 8.28. The van der Waals surface area contributed by atoms with Crippen LogP contribution in [0.5, 0.6) is 11.5 Å². The van der Waals surface area contributed by atoms with E-state index >= 15 is 0 Å². The van der Waals surface area contributed by atoms with Crippen LogP contribution < -0.4 is 15.4 Å². The number of carbonyl (C=O) groups is 1. The molecule has 1 fully saturated rings. The number of ether oxygens (including phenoxy) is 1. The van der Waals surface area contributed by atoms with E-state index in [0.29, 0.717) is 18.0 Å². The van der Waals surface area contributed by atoms with E-state index in [1.165, 1.54) is 0 Å². The molecule has 2 amide bonds. The zero-order valence-electron chi connectivity index (χ0n) is 13.8. The number of para-hydroxylation sites is 1. The van der Waals surface area contributed by atoms with Gasteiger partial charge < -0.3 is 20.3 Å². The third kappa shape index (κ3) is 4.88. The van der Waals surface area contributed by atoms with Crippen molar-refractivity contribution in [2.24, 2.45) is 0 Å². The third-order valence-electron chi connectivity index (χ3n) is 3.97. The molecule has 0 aromatic heterocycles. The van der Waals surface area contributed by atoms with Gasteiger partial charge in [-0.2, -0.15) is 5.26 Å². The summed E-state index contributed by atoms with van der Waals surface area (Å²) in [6.45, 7) is 1.32. The Balaban J connectivity index is 1.56. The molecule has 3 rings (SSSR count). The fraction of sp³-hybridized carbons (Fsp3) is 0.263. The molecule has 6 heteroatoms. The molecule has 0 saturated carbocycles. The highest BCUT2D eigenvalue weighted by Gasteiger charge is 2.20. The quantitative estimate of drug-likeness (QED) is 0.837. The zero-order valence-corrected chi connectivity index (χ0v) is 13.8. The van der Waals surface area contributed by atoms with Gasteiger partial charge in [0.1, 0.15) is 11.5 Å². The first-order valence-electron chi connectivity index (χ1n) is 8.28. The molecule has 1 atom stereocenters. The number of carbonyl (C=O) groups excluding carboxylic acids is 1. The van der Waals surface area contributed by atoms with Gasteiger partial charge in [-0.1, -0.05) is 24.3 Å². The normalized spacial score (nSPS) is 16.6. The molecule has 1 saturated heterocycles. The van der Waals surface area contributed by atoms with E-state index in [2.05, 4.69) is 16.8 Å². The highest BCUT2D eigenvalue weighted by atomic mass is 16.5. The van der Waals surface area contributed by atoms with Crippen molar-refractivity contribution in [3.05, 3.63) is 54.6 Å². The van der Waals surface area contributed by atoms with Crippen molar-refractivity contribution < 1.29 is 9.53 Å². The van der Waals surface area contributed by atoms with E-state index in [9.17, 15) is 4.79 Å². The van der Waals surface area contributed by atoms with Crippen LogP contribution in [0.4, 0.5) is 10.5 Å². The van der Waals surface area contributed by atoms with Crippen LogP contribution in [-0.4, -0.2) is 30.1 Å². The summed E-state index contributed by atoms with van der Waals surface area (Å²) in [6.07, 6.45) is 3.91. The van der Waals surface area contributed by atoms with Crippen LogP contribution in [0.15, 0.2) is 54.6 Å². The van der Waals surface area contributed by atoms with Crippen molar-refractivity contribution >= 4 is 11.7 Å². The number of piperidine rings is 1. The molecule has 0 aliphatic carbocycles. The molecule has 0 radical (unpaired) electrons. The third-order valence-corrected chi connectivity index (χ3v) is 3.97. The van der Waals surface area contributed by atoms with Gasteiger partial charge in [0, 0.05) is 30.9 Å². The average Bonchev–Trinajstić information content (AvgIpc) is 2.63. The van der Waals surface area contributed by atoms with Crippen LogP contribution in [0, 0.1) is 11.5 Å². The fourth-order valence-electron chi connectivity index (χ4n) is 2.80. The van der Waals surface area contributed by atoms with Gasteiger partial charge in [-0.25, -0.2) is 4.79 Å². The number of nitriles is 1. The molecule has 25 heavy (non-hydrogen) atoms. The van der Waals surface area contributed by atoms with Crippen LogP contribution in [0.1, 0.15) is 12.8 Å². The van der Waals surface area contributed by atoms with E-state index in [1.54, 1.807) is 17.0 Å². The van der Waals surface area contributed by atoms with Gasteiger partial charge in [-0.3, -0.25) is 0 Å². The number of nitrogens with zero attached hydrogens (tertiary/aromatic N) is 2. The molecule has 1 aliphatic rings. The maximum Gasteiger partial charge on any atom is 0.319 e. The van der Waals surface area contributed by atoms with Gasteiger partial charge in [-0.15, -0.1) is 0 Å². The second-order valence-electron chi connectivity index (χ2n) is 5.93. The van der Waals surface area contributed by atoms with Crippen molar-refractivity contribution in [2.45, 2.75) is 18.9 Å². The molecular weight excluding hydrogens is 316 g/mol. The Morgan fingerprint density at radius 1 is 1.16 bits per heavy atom. The molecule has 1 heterocycles. The minimum absolute atomic E-state index is 0.0165. The highest BCUT2D eigenvalue weighted by molar-refractivity contribution is 5.89. The SMILES string of the molecule is N#CN1CCCC(NC(=O)Nc2cccc(Oc3ccccc3)c2)C1. The van der Waals surface area contributed by atoms with Gasteiger partial charge in [0.2, 0.25) is 0 Å². The maximum absolute atomic E-state index is 12.2. The Bertz CT molecular complexity index is 758.